The number of hydrogen-bond donors (Lipinski definition) is 2. The van der Waals surface area contributed by atoms with E-state index in [1.807, 2.05) is 27.2 Å². The number of phosphoric ester groups is 1. The highest BCUT2D eigenvalue weighted by molar-refractivity contribution is 7.45. The third kappa shape index (κ3) is 50.7. The molecule has 0 aromatic carbocycles. The number of phosphoric acid groups is 1. The van der Waals surface area contributed by atoms with Crippen LogP contribution >= 0.6 is 7.82 Å². The van der Waals surface area contributed by atoms with Gasteiger partial charge in [0, 0.05) is 6.42 Å². The zero-order chi connectivity index (χ0) is 47.8. The molecule has 386 valence electrons. The average Bonchev–Trinajstić information content (AvgIpc) is 3.26. The van der Waals surface area contributed by atoms with Crippen LogP contribution in [0.5, 0.6) is 0 Å². The molecule has 0 saturated heterocycles. The van der Waals surface area contributed by atoms with E-state index in [4.69, 9.17) is 9.05 Å². The molecule has 0 aliphatic heterocycles. The number of likely N-dealkylation sites (N-methyl/N-ethyl adjacent to an activating group) is 1. The molecule has 0 rings (SSSR count). The molecule has 0 fully saturated rings. The van der Waals surface area contributed by atoms with Gasteiger partial charge in [-0.05, 0) is 44.9 Å². The highest BCUT2D eigenvalue weighted by atomic mass is 31.2. The average molecular weight is 939 g/mol. The first kappa shape index (κ1) is 64.0. The number of nitrogens with one attached hydrogen (secondary N) is 1. The molecule has 3 unspecified atom stereocenters. The van der Waals surface area contributed by atoms with Crippen molar-refractivity contribution >= 4 is 13.7 Å². The topological polar surface area (TPSA) is 108 Å². The summed E-state index contributed by atoms with van der Waals surface area (Å²) >= 11 is 0. The molecular weight excluding hydrogens is 828 g/mol. The fourth-order valence-corrected chi connectivity index (χ4v) is 9.17. The summed E-state index contributed by atoms with van der Waals surface area (Å²) in [6, 6.07) is -0.887. The Bertz CT molecular complexity index is 1110. The Hall–Kier alpha value is -1.02. The third-order valence-electron chi connectivity index (χ3n) is 12.9. The van der Waals surface area contributed by atoms with Gasteiger partial charge in [0.15, 0.2) is 0 Å². The molecule has 2 N–H and O–H groups in total. The van der Waals surface area contributed by atoms with Crippen molar-refractivity contribution in [2.24, 2.45) is 0 Å². The van der Waals surface area contributed by atoms with Gasteiger partial charge in [-0.1, -0.05) is 250 Å². The molecule has 0 aromatic rings. The second-order valence-corrected chi connectivity index (χ2v) is 22.1. The van der Waals surface area contributed by atoms with E-state index in [1.165, 1.54) is 218 Å². The number of unbranched alkanes of at least 4 members (excludes halogenated alkanes) is 37. The van der Waals surface area contributed by atoms with Gasteiger partial charge in [-0.15, -0.1) is 0 Å². The normalized spacial score (nSPS) is 14.1. The number of nitrogens with zero attached hydrogens (tertiary/aromatic N) is 1. The molecule has 0 spiro atoms. The molecule has 0 heterocycles. The van der Waals surface area contributed by atoms with Crippen molar-refractivity contribution in [2.45, 2.75) is 289 Å². The van der Waals surface area contributed by atoms with Gasteiger partial charge >= 0.3 is 0 Å². The minimum Gasteiger partial charge on any atom is -0.756 e. The van der Waals surface area contributed by atoms with Crippen molar-refractivity contribution < 1.29 is 32.9 Å². The van der Waals surface area contributed by atoms with Gasteiger partial charge in [0.2, 0.25) is 5.91 Å². The van der Waals surface area contributed by atoms with Crippen LogP contribution in [0.3, 0.4) is 0 Å². The van der Waals surface area contributed by atoms with Gasteiger partial charge in [-0.25, -0.2) is 0 Å². The van der Waals surface area contributed by atoms with E-state index in [1.54, 1.807) is 6.08 Å². The first-order chi connectivity index (χ1) is 31.5. The van der Waals surface area contributed by atoms with E-state index in [2.05, 4.69) is 31.3 Å². The fraction of sp³-hybridized carbons (Fsp3) is 0.911. The van der Waals surface area contributed by atoms with Crippen LogP contribution in [0.25, 0.3) is 0 Å². The van der Waals surface area contributed by atoms with Gasteiger partial charge < -0.3 is 28.8 Å². The van der Waals surface area contributed by atoms with Gasteiger partial charge in [-0.3, -0.25) is 9.36 Å². The summed E-state index contributed by atoms with van der Waals surface area (Å²) in [7, 11) is 1.27. The van der Waals surface area contributed by atoms with Crippen molar-refractivity contribution in [2.75, 3.05) is 40.9 Å². The van der Waals surface area contributed by atoms with Crippen LogP contribution in [0.2, 0.25) is 0 Å². The van der Waals surface area contributed by atoms with Gasteiger partial charge in [0.1, 0.15) is 13.2 Å². The summed E-state index contributed by atoms with van der Waals surface area (Å²) in [5.41, 5.74) is 0. The predicted molar refractivity (Wildman–Crippen MR) is 279 cm³/mol. The lowest BCUT2D eigenvalue weighted by Gasteiger charge is -2.29. The van der Waals surface area contributed by atoms with Crippen LogP contribution in [0, 0.1) is 0 Å². The largest absolute Gasteiger partial charge is 0.756 e. The summed E-state index contributed by atoms with van der Waals surface area (Å²) < 4.78 is 23.3. The van der Waals surface area contributed by atoms with E-state index in [9.17, 15) is 19.4 Å². The highest BCUT2D eigenvalue weighted by Crippen LogP contribution is 2.38. The molecule has 65 heavy (non-hydrogen) atoms. The Morgan fingerprint density at radius 3 is 1.20 bits per heavy atom. The lowest BCUT2D eigenvalue weighted by Crippen LogP contribution is -2.45. The second-order valence-electron chi connectivity index (χ2n) is 20.6. The fourth-order valence-electron chi connectivity index (χ4n) is 8.44. The monoisotopic (exact) mass is 939 g/mol. The van der Waals surface area contributed by atoms with Crippen molar-refractivity contribution in [1.82, 2.24) is 5.32 Å². The number of carbonyl (C=O) groups is 1. The molecule has 8 nitrogen and oxygen atoms in total. The predicted octanol–water partition coefficient (Wildman–Crippen LogP) is 16.2. The first-order valence-electron chi connectivity index (χ1n) is 28.2. The summed E-state index contributed by atoms with van der Waals surface area (Å²) in [6.45, 7) is 4.68. The second kappa shape index (κ2) is 48.0. The lowest BCUT2D eigenvalue weighted by molar-refractivity contribution is -0.870. The zero-order valence-electron chi connectivity index (χ0n) is 44.0. The summed E-state index contributed by atoms with van der Waals surface area (Å²) in [5.74, 6) is -0.198. The maximum atomic E-state index is 12.9. The number of quaternary nitrogens is 1. The SMILES string of the molecule is CCCCCCCCCCC/C=C\CCCCCCCCCC(=O)NC(COP(=O)([O-])OCC[N+](C)(C)C)C(O)/C=C/CCCCCCCCCCCCCCCCCCCCCCC. The number of amides is 1. The molecule has 1 amide bonds. The van der Waals surface area contributed by atoms with Crippen LogP contribution in [0.4, 0.5) is 0 Å². The van der Waals surface area contributed by atoms with E-state index in [-0.39, 0.29) is 19.1 Å². The van der Waals surface area contributed by atoms with Gasteiger partial charge in [0.25, 0.3) is 7.82 Å². The van der Waals surface area contributed by atoms with E-state index in [0.29, 0.717) is 17.4 Å². The van der Waals surface area contributed by atoms with E-state index < -0.39 is 20.0 Å². The van der Waals surface area contributed by atoms with Crippen molar-refractivity contribution in [3.8, 4) is 0 Å². The van der Waals surface area contributed by atoms with Crippen LogP contribution in [-0.4, -0.2) is 68.5 Å². The number of aliphatic hydroxyl groups excluding tert-OH is 1. The van der Waals surface area contributed by atoms with E-state index >= 15 is 0 Å². The summed E-state index contributed by atoms with van der Waals surface area (Å²) in [6.07, 6.45) is 59.6. The van der Waals surface area contributed by atoms with Crippen LogP contribution < -0.4 is 10.2 Å². The third-order valence-corrected chi connectivity index (χ3v) is 13.9. The zero-order valence-corrected chi connectivity index (χ0v) is 44.9. The molecule has 0 saturated carbocycles. The number of carbonyl (C=O) groups excluding carboxylic acids is 1. The van der Waals surface area contributed by atoms with Crippen LogP contribution in [0.1, 0.15) is 277 Å². The standard InChI is InChI=1S/C56H111N2O6P/c1-6-8-10-12-14-16-18-20-22-24-26-28-29-30-31-33-35-37-39-41-43-45-47-49-55(59)54(53-64-65(61,62)63-52-51-58(3,4)5)57-56(60)50-48-46-44-42-40-38-36-34-32-27-25-23-21-19-17-15-13-11-9-7-2/h27,32,47,49,54-55,59H,6-26,28-31,33-46,48,50-53H2,1-5H3,(H-,57,60,61,62)/b32-27-,49-47+. The first-order valence-corrected chi connectivity index (χ1v) is 29.7. The molecule has 0 bridgehead atoms. The Balaban J connectivity index is 4.23. The molecule has 9 heteroatoms. The van der Waals surface area contributed by atoms with Crippen molar-refractivity contribution in [1.29, 1.82) is 0 Å². The Morgan fingerprint density at radius 1 is 0.523 bits per heavy atom. The minimum atomic E-state index is -4.59. The molecule has 0 aromatic heterocycles. The summed E-state index contributed by atoms with van der Waals surface area (Å²) in [4.78, 5) is 25.5. The number of rotatable bonds is 52. The molecule has 3 atom stereocenters. The smallest absolute Gasteiger partial charge is 0.268 e. The minimum absolute atomic E-state index is 0.000242. The van der Waals surface area contributed by atoms with Crippen LogP contribution in [0.15, 0.2) is 24.3 Å². The van der Waals surface area contributed by atoms with Crippen molar-refractivity contribution in [3.05, 3.63) is 24.3 Å². The lowest BCUT2D eigenvalue weighted by atomic mass is 10.0. The number of hydrogen-bond acceptors (Lipinski definition) is 6. The number of aliphatic hydroxyl groups is 1. The number of allylic oxidation sites excluding steroid dienone is 3. The maximum absolute atomic E-state index is 12.9. The summed E-state index contributed by atoms with van der Waals surface area (Å²) in [5, 5.41) is 13.9. The molecule has 0 aliphatic carbocycles. The highest BCUT2D eigenvalue weighted by Gasteiger charge is 2.23. The van der Waals surface area contributed by atoms with Crippen molar-refractivity contribution in [3.63, 3.8) is 0 Å². The molecule has 0 aliphatic rings. The Morgan fingerprint density at radius 2 is 0.846 bits per heavy atom. The quantitative estimate of drug-likeness (QED) is 0.0272. The van der Waals surface area contributed by atoms with Gasteiger partial charge in [0.05, 0.1) is 39.9 Å². The molecule has 0 radical (unpaired) electrons. The Kier molecular flexibility index (Phi) is 47.3. The van der Waals surface area contributed by atoms with Crippen LogP contribution in [-0.2, 0) is 18.4 Å². The Labute approximate surface area is 404 Å². The molecular formula is C56H111N2O6P. The van der Waals surface area contributed by atoms with E-state index in [0.717, 1.165) is 38.5 Å². The maximum Gasteiger partial charge on any atom is 0.268 e. The van der Waals surface area contributed by atoms with Gasteiger partial charge in [-0.2, -0.15) is 0 Å².